The Balaban J connectivity index is 1.28. The molecule has 11 heteroatoms. The Morgan fingerprint density at radius 2 is 1.72 bits per heavy atom. The quantitative estimate of drug-likeness (QED) is 0.415. The number of thiazole rings is 1. The van der Waals surface area contributed by atoms with E-state index in [1.165, 1.54) is 15.6 Å². The molecular formula is C25H28N6O3S2. The number of hydrogen-bond donors (Lipinski definition) is 1. The lowest BCUT2D eigenvalue weighted by molar-refractivity contribution is 0.0702. The van der Waals surface area contributed by atoms with Crippen molar-refractivity contribution in [3.63, 3.8) is 0 Å². The molecule has 0 aliphatic carbocycles. The number of aromatic nitrogens is 2. The maximum Gasteiger partial charge on any atom is 0.265 e. The van der Waals surface area contributed by atoms with Crippen molar-refractivity contribution >= 4 is 33.1 Å². The maximum atomic E-state index is 13.4. The highest BCUT2D eigenvalue weighted by Crippen LogP contribution is 2.29. The zero-order valence-corrected chi connectivity index (χ0v) is 21.9. The van der Waals surface area contributed by atoms with Crippen molar-refractivity contribution in [2.75, 3.05) is 32.7 Å². The third-order valence-electron chi connectivity index (χ3n) is 6.75. The summed E-state index contributed by atoms with van der Waals surface area (Å²) in [7, 11) is -3.68. The number of nitrogens with zero attached hydrogens (tertiary/aromatic N) is 5. The molecule has 0 atom stereocenters. The van der Waals surface area contributed by atoms with Gasteiger partial charge in [-0.25, -0.2) is 13.4 Å². The molecular weight excluding hydrogens is 496 g/mol. The van der Waals surface area contributed by atoms with Gasteiger partial charge in [-0.05, 0) is 55.7 Å². The van der Waals surface area contributed by atoms with E-state index in [2.05, 4.69) is 9.97 Å². The summed E-state index contributed by atoms with van der Waals surface area (Å²) in [5, 5.41) is 8.67. The maximum absolute atomic E-state index is 13.4. The van der Waals surface area contributed by atoms with Crippen LogP contribution in [0.15, 0.2) is 47.6 Å². The van der Waals surface area contributed by atoms with Gasteiger partial charge in [0.05, 0.1) is 16.4 Å². The molecule has 3 aromatic rings. The summed E-state index contributed by atoms with van der Waals surface area (Å²) < 4.78 is 28.3. The fourth-order valence-corrected chi connectivity index (χ4v) is 7.13. The molecule has 1 saturated heterocycles. The minimum atomic E-state index is -3.68. The first kappa shape index (κ1) is 24.5. The van der Waals surface area contributed by atoms with E-state index in [1.807, 2.05) is 30.0 Å². The number of sulfonamides is 1. The summed E-state index contributed by atoms with van der Waals surface area (Å²) in [5.74, 6) is 0.372. The van der Waals surface area contributed by atoms with Gasteiger partial charge in [0.1, 0.15) is 9.88 Å². The largest absolute Gasteiger partial charge is 0.356 e. The van der Waals surface area contributed by atoms with E-state index in [4.69, 9.17) is 5.41 Å². The van der Waals surface area contributed by atoms with Crippen molar-refractivity contribution in [1.29, 1.82) is 5.41 Å². The molecule has 188 valence electrons. The molecule has 0 unspecified atom stereocenters. The van der Waals surface area contributed by atoms with Gasteiger partial charge in [0.25, 0.3) is 5.91 Å². The van der Waals surface area contributed by atoms with Gasteiger partial charge in [-0.3, -0.25) is 15.2 Å². The summed E-state index contributed by atoms with van der Waals surface area (Å²) in [6.45, 7) is 6.03. The van der Waals surface area contributed by atoms with E-state index < -0.39 is 10.0 Å². The number of nitrogens with one attached hydrogen (secondary N) is 1. The van der Waals surface area contributed by atoms with Gasteiger partial charge in [0.15, 0.2) is 0 Å². The first-order valence-corrected chi connectivity index (χ1v) is 14.1. The lowest BCUT2D eigenvalue weighted by Crippen LogP contribution is -2.50. The molecule has 1 fully saturated rings. The molecule has 5 rings (SSSR count). The highest BCUT2D eigenvalue weighted by atomic mass is 32.2. The topological polar surface area (TPSA) is 111 Å². The number of hydrogen-bond acceptors (Lipinski definition) is 7. The van der Waals surface area contributed by atoms with Crippen LogP contribution in [0.1, 0.15) is 33.4 Å². The molecule has 0 radical (unpaired) electrons. The predicted molar refractivity (Wildman–Crippen MR) is 139 cm³/mol. The molecule has 9 nitrogen and oxygen atoms in total. The lowest BCUT2D eigenvalue weighted by Gasteiger charge is -2.34. The molecule has 0 spiro atoms. The molecule has 0 bridgehead atoms. The number of rotatable bonds is 4. The summed E-state index contributed by atoms with van der Waals surface area (Å²) in [4.78, 5) is 26.3. The summed E-state index contributed by atoms with van der Waals surface area (Å²) in [6, 6.07) is 9.05. The lowest BCUT2D eigenvalue weighted by atomic mass is 10.00. The van der Waals surface area contributed by atoms with Crippen molar-refractivity contribution < 1.29 is 13.2 Å². The predicted octanol–water partition coefficient (Wildman–Crippen LogP) is 3.02. The van der Waals surface area contributed by atoms with Crippen molar-refractivity contribution in [3.8, 4) is 10.6 Å². The van der Waals surface area contributed by atoms with Gasteiger partial charge in [0.2, 0.25) is 10.0 Å². The SMILES string of the molecule is CC(=N)N1CCc2ccc(S(=O)(=O)N3CCN(C(=O)c4sc(-c5ccncc5)nc4C)CC3)cc2C1. The molecule has 1 amide bonds. The average Bonchev–Trinajstić information content (AvgIpc) is 3.29. The zero-order chi connectivity index (χ0) is 25.4. The number of pyridine rings is 1. The van der Waals surface area contributed by atoms with Gasteiger partial charge in [-0.1, -0.05) is 6.07 Å². The zero-order valence-electron chi connectivity index (χ0n) is 20.3. The number of carbonyl (C=O) groups is 1. The Labute approximate surface area is 215 Å². The van der Waals surface area contributed by atoms with Crippen LogP contribution in [-0.4, -0.2) is 77.0 Å². The smallest absolute Gasteiger partial charge is 0.265 e. The molecule has 36 heavy (non-hydrogen) atoms. The van der Waals surface area contributed by atoms with E-state index >= 15 is 0 Å². The number of aryl methyl sites for hydroxylation is 1. The van der Waals surface area contributed by atoms with Crippen molar-refractivity contribution in [1.82, 2.24) is 24.1 Å². The number of piperazine rings is 1. The minimum absolute atomic E-state index is 0.113. The van der Waals surface area contributed by atoms with Crippen molar-refractivity contribution in [2.45, 2.75) is 31.7 Å². The second-order valence-corrected chi connectivity index (χ2v) is 12.0. The van der Waals surface area contributed by atoms with Gasteiger partial charge < -0.3 is 9.80 Å². The van der Waals surface area contributed by atoms with Gasteiger partial charge >= 0.3 is 0 Å². The minimum Gasteiger partial charge on any atom is -0.356 e. The number of amides is 1. The van der Waals surface area contributed by atoms with Crippen LogP contribution in [0.5, 0.6) is 0 Å². The van der Waals surface area contributed by atoms with Crippen molar-refractivity contribution in [2.24, 2.45) is 0 Å². The number of amidine groups is 1. The van der Waals surface area contributed by atoms with Crippen LogP contribution in [0.4, 0.5) is 0 Å². The molecule has 2 aliphatic rings. The third kappa shape index (κ3) is 4.65. The van der Waals surface area contributed by atoms with Crippen LogP contribution >= 0.6 is 11.3 Å². The second-order valence-electron chi connectivity index (χ2n) is 9.05. The van der Waals surface area contributed by atoms with E-state index in [-0.39, 0.29) is 23.9 Å². The molecule has 1 aromatic carbocycles. The first-order valence-electron chi connectivity index (χ1n) is 11.8. The van der Waals surface area contributed by atoms with Gasteiger partial charge in [-0.15, -0.1) is 11.3 Å². The van der Waals surface area contributed by atoms with Crippen LogP contribution < -0.4 is 0 Å². The number of fused-ring (bicyclic) bond motifs is 1. The fourth-order valence-electron chi connectivity index (χ4n) is 4.62. The Bertz CT molecular complexity index is 1410. The van der Waals surface area contributed by atoms with E-state index in [0.29, 0.717) is 36.0 Å². The first-order chi connectivity index (χ1) is 17.2. The summed E-state index contributed by atoms with van der Waals surface area (Å²) in [5.41, 5.74) is 3.67. The number of carbonyl (C=O) groups excluding carboxylic acids is 1. The second kappa shape index (κ2) is 9.72. The van der Waals surface area contributed by atoms with Gasteiger partial charge in [0, 0.05) is 57.2 Å². The Morgan fingerprint density at radius 3 is 2.42 bits per heavy atom. The highest BCUT2D eigenvalue weighted by molar-refractivity contribution is 7.89. The molecule has 2 aliphatic heterocycles. The van der Waals surface area contributed by atoms with E-state index in [0.717, 1.165) is 34.7 Å². The third-order valence-corrected chi connectivity index (χ3v) is 9.84. The summed E-state index contributed by atoms with van der Waals surface area (Å²) >= 11 is 1.35. The molecule has 0 saturated carbocycles. The average molecular weight is 525 g/mol. The fraction of sp³-hybridized carbons (Fsp3) is 0.360. The van der Waals surface area contributed by atoms with Crippen molar-refractivity contribution in [3.05, 3.63) is 64.4 Å². The number of benzene rings is 1. The highest BCUT2D eigenvalue weighted by Gasteiger charge is 2.32. The standard InChI is InChI=1S/C25H28N6O3S2/c1-17-23(35-24(28-17)20-5-8-27-9-6-20)25(32)29-11-13-31(14-12-29)36(33,34)22-4-3-19-7-10-30(18(2)26)16-21(19)15-22/h3-6,8-9,15,26H,7,10-14,16H2,1-2H3. The molecule has 2 aromatic heterocycles. The normalized spacial score (nSPS) is 16.6. The van der Waals surface area contributed by atoms with E-state index in [9.17, 15) is 13.2 Å². The monoisotopic (exact) mass is 524 g/mol. The van der Waals surface area contributed by atoms with Crippen LogP contribution in [0.3, 0.4) is 0 Å². The van der Waals surface area contributed by atoms with E-state index in [1.54, 1.807) is 36.4 Å². The van der Waals surface area contributed by atoms with Crippen LogP contribution in [-0.2, 0) is 23.0 Å². The Hall–Kier alpha value is -3.15. The van der Waals surface area contributed by atoms with Gasteiger partial charge in [-0.2, -0.15) is 4.31 Å². The molecule has 4 heterocycles. The van der Waals surface area contributed by atoms with Crippen LogP contribution in [0.2, 0.25) is 0 Å². The Kier molecular flexibility index (Phi) is 6.62. The Morgan fingerprint density at radius 1 is 1.00 bits per heavy atom. The van der Waals surface area contributed by atoms with Crippen LogP contribution in [0.25, 0.3) is 10.6 Å². The molecule has 1 N–H and O–H groups in total. The van der Waals surface area contributed by atoms with Crippen LogP contribution in [0, 0.1) is 12.3 Å². The summed E-state index contributed by atoms with van der Waals surface area (Å²) in [6.07, 6.45) is 4.19.